The van der Waals surface area contributed by atoms with E-state index in [0.717, 1.165) is 31.9 Å². The lowest BCUT2D eigenvalue weighted by Gasteiger charge is -2.38. The highest BCUT2D eigenvalue weighted by atomic mass is 15.3. The SMILES string of the molecule is Cc1cc(CN2CCN(C)CC2C)ccc1N. The van der Waals surface area contributed by atoms with Gasteiger partial charge in [0.05, 0.1) is 0 Å². The number of rotatable bonds is 2. The Bertz CT molecular complexity index is 389. The molecule has 0 radical (unpaired) electrons. The van der Waals surface area contributed by atoms with Crippen LogP contribution in [0.4, 0.5) is 5.69 Å². The third kappa shape index (κ3) is 2.99. The Labute approximate surface area is 104 Å². The number of benzene rings is 1. The maximum atomic E-state index is 5.85. The van der Waals surface area contributed by atoms with Gasteiger partial charge >= 0.3 is 0 Å². The Morgan fingerprint density at radius 3 is 2.76 bits per heavy atom. The molecule has 1 aliphatic heterocycles. The minimum atomic E-state index is 0.631. The average molecular weight is 233 g/mol. The zero-order valence-electron chi connectivity index (χ0n) is 11.1. The number of likely N-dealkylation sites (N-methyl/N-ethyl adjacent to an activating group) is 1. The molecule has 0 bridgehead atoms. The second-order valence-electron chi connectivity index (χ2n) is 5.27. The summed E-state index contributed by atoms with van der Waals surface area (Å²) in [5.74, 6) is 0. The van der Waals surface area contributed by atoms with Gasteiger partial charge in [-0.05, 0) is 38.1 Å². The molecule has 0 spiro atoms. The van der Waals surface area contributed by atoms with Crippen molar-refractivity contribution >= 4 is 5.69 Å². The molecule has 3 heteroatoms. The smallest absolute Gasteiger partial charge is 0.0343 e. The minimum Gasteiger partial charge on any atom is -0.399 e. The van der Waals surface area contributed by atoms with Crippen LogP contribution in [0.25, 0.3) is 0 Å². The summed E-state index contributed by atoms with van der Waals surface area (Å²) in [4.78, 5) is 4.94. The van der Waals surface area contributed by atoms with E-state index in [0.29, 0.717) is 6.04 Å². The lowest BCUT2D eigenvalue weighted by molar-refractivity contribution is 0.0938. The third-order valence-electron chi connectivity index (χ3n) is 3.69. The topological polar surface area (TPSA) is 32.5 Å². The highest BCUT2D eigenvalue weighted by Crippen LogP contribution is 2.17. The van der Waals surface area contributed by atoms with Crippen molar-refractivity contribution in [2.75, 3.05) is 32.4 Å². The van der Waals surface area contributed by atoms with Crippen LogP contribution in [0, 0.1) is 6.92 Å². The van der Waals surface area contributed by atoms with Crippen molar-refractivity contribution in [2.24, 2.45) is 0 Å². The number of nitrogens with zero attached hydrogens (tertiary/aromatic N) is 2. The first-order chi connectivity index (χ1) is 8.06. The molecule has 2 N–H and O–H groups in total. The molecule has 2 rings (SSSR count). The molecule has 94 valence electrons. The molecule has 1 aromatic carbocycles. The standard InChI is InChI=1S/C14H23N3/c1-11-8-13(4-5-14(11)15)10-17-7-6-16(3)9-12(17)2/h4-5,8,12H,6-7,9-10,15H2,1-3H3. The second-order valence-corrected chi connectivity index (χ2v) is 5.27. The molecule has 1 fully saturated rings. The molecule has 1 atom stereocenters. The van der Waals surface area contributed by atoms with Gasteiger partial charge < -0.3 is 10.6 Å². The van der Waals surface area contributed by atoms with Gasteiger partial charge in [0, 0.05) is 37.9 Å². The first-order valence-corrected chi connectivity index (χ1v) is 6.34. The zero-order valence-corrected chi connectivity index (χ0v) is 11.1. The van der Waals surface area contributed by atoms with Gasteiger partial charge in [-0.1, -0.05) is 12.1 Å². The lowest BCUT2D eigenvalue weighted by atomic mass is 10.1. The van der Waals surface area contributed by atoms with Gasteiger partial charge in [0.15, 0.2) is 0 Å². The molecule has 1 unspecified atom stereocenters. The summed E-state index contributed by atoms with van der Waals surface area (Å²) in [7, 11) is 2.20. The van der Waals surface area contributed by atoms with E-state index >= 15 is 0 Å². The van der Waals surface area contributed by atoms with E-state index in [2.05, 4.69) is 42.8 Å². The maximum Gasteiger partial charge on any atom is 0.0343 e. The lowest BCUT2D eigenvalue weighted by Crippen LogP contribution is -2.49. The zero-order chi connectivity index (χ0) is 12.4. The first-order valence-electron chi connectivity index (χ1n) is 6.34. The molecular formula is C14H23N3. The van der Waals surface area contributed by atoms with Gasteiger partial charge in [0.25, 0.3) is 0 Å². The van der Waals surface area contributed by atoms with Gasteiger partial charge in [-0.2, -0.15) is 0 Å². The number of anilines is 1. The van der Waals surface area contributed by atoms with Crippen LogP contribution in [-0.2, 0) is 6.54 Å². The summed E-state index contributed by atoms with van der Waals surface area (Å²) in [5, 5.41) is 0. The van der Waals surface area contributed by atoms with E-state index in [1.54, 1.807) is 0 Å². The fraction of sp³-hybridized carbons (Fsp3) is 0.571. The average Bonchev–Trinajstić information content (AvgIpc) is 2.27. The van der Waals surface area contributed by atoms with E-state index < -0.39 is 0 Å². The minimum absolute atomic E-state index is 0.631. The van der Waals surface area contributed by atoms with Gasteiger partial charge in [-0.3, -0.25) is 4.90 Å². The summed E-state index contributed by atoms with van der Waals surface area (Å²) in [6, 6.07) is 7.01. The normalized spacial score (nSPS) is 22.9. The summed E-state index contributed by atoms with van der Waals surface area (Å²) in [6.45, 7) is 8.90. The number of hydrogen-bond donors (Lipinski definition) is 1. The van der Waals surface area contributed by atoms with Crippen LogP contribution in [0.3, 0.4) is 0 Å². The summed E-state index contributed by atoms with van der Waals surface area (Å²) in [5.41, 5.74) is 9.29. The quantitative estimate of drug-likeness (QED) is 0.789. The molecule has 0 saturated carbocycles. The van der Waals surface area contributed by atoms with Gasteiger partial charge in [-0.25, -0.2) is 0 Å². The summed E-state index contributed by atoms with van der Waals surface area (Å²) < 4.78 is 0. The largest absolute Gasteiger partial charge is 0.399 e. The van der Waals surface area contributed by atoms with Gasteiger partial charge in [0.2, 0.25) is 0 Å². The van der Waals surface area contributed by atoms with Crippen molar-refractivity contribution in [3.05, 3.63) is 29.3 Å². The monoisotopic (exact) mass is 233 g/mol. The molecule has 1 aromatic rings. The van der Waals surface area contributed by atoms with Crippen molar-refractivity contribution in [3.63, 3.8) is 0 Å². The number of hydrogen-bond acceptors (Lipinski definition) is 3. The Morgan fingerprint density at radius 1 is 1.35 bits per heavy atom. The van der Waals surface area contributed by atoms with Crippen LogP contribution >= 0.6 is 0 Å². The van der Waals surface area contributed by atoms with Crippen LogP contribution < -0.4 is 5.73 Å². The van der Waals surface area contributed by atoms with Crippen molar-refractivity contribution in [1.29, 1.82) is 0 Å². The fourth-order valence-electron chi connectivity index (χ4n) is 2.48. The van der Waals surface area contributed by atoms with Crippen molar-refractivity contribution < 1.29 is 0 Å². The molecule has 1 saturated heterocycles. The Hall–Kier alpha value is -1.06. The molecule has 0 amide bonds. The molecule has 1 aliphatic rings. The second kappa shape index (κ2) is 5.07. The summed E-state index contributed by atoms with van der Waals surface area (Å²) in [6.07, 6.45) is 0. The molecule has 0 aromatic heterocycles. The predicted octanol–water partition coefficient (Wildman–Crippen LogP) is 1.71. The van der Waals surface area contributed by atoms with Crippen molar-refractivity contribution in [3.8, 4) is 0 Å². The Morgan fingerprint density at radius 2 is 2.12 bits per heavy atom. The van der Waals surface area contributed by atoms with E-state index in [1.807, 2.05) is 6.07 Å². The molecule has 3 nitrogen and oxygen atoms in total. The predicted molar refractivity (Wildman–Crippen MR) is 73.0 cm³/mol. The van der Waals surface area contributed by atoms with E-state index in [1.165, 1.54) is 11.1 Å². The molecule has 0 aliphatic carbocycles. The third-order valence-corrected chi connectivity index (χ3v) is 3.69. The highest BCUT2D eigenvalue weighted by molar-refractivity contribution is 5.47. The number of piperazine rings is 1. The van der Waals surface area contributed by atoms with Crippen molar-refractivity contribution in [2.45, 2.75) is 26.4 Å². The van der Waals surface area contributed by atoms with Crippen LogP contribution in [0.15, 0.2) is 18.2 Å². The fourth-order valence-corrected chi connectivity index (χ4v) is 2.48. The van der Waals surface area contributed by atoms with Crippen LogP contribution in [0.5, 0.6) is 0 Å². The van der Waals surface area contributed by atoms with Crippen LogP contribution in [0.1, 0.15) is 18.1 Å². The van der Waals surface area contributed by atoms with Gasteiger partial charge in [0.1, 0.15) is 0 Å². The van der Waals surface area contributed by atoms with Gasteiger partial charge in [-0.15, -0.1) is 0 Å². The number of aryl methyl sites for hydroxylation is 1. The van der Waals surface area contributed by atoms with Crippen molar-refractivity contribution in [1.82, 2.24) is 9.80 Å². The first kappa shape index (κ1) is 12.4. The van der Waals surface area contributed by atoms with E-state index in [4.69, 9.17) is 5.73 Å². The Balaban J connectivity index is 2.02. The maximum absolute atomic E-state index is 5.85. The summed E-state index contributed by atoms with van der Waals surface area (Å²) >= 11 is 0. The molecule has 1 heterocycles. The van der Waals surface area contributed by atoms with Crippen LogP contribution in [0.2, 0.25) is 0 Å². The van der Waals surface area contributed by atoms with Crippen LogP contribution in [-0.4, -0.2) is 42.5 Å². The number of nitrogen functional groups attached to an aromatic ring is 1. The Kier molecular flexibility index (Phi) is 3.69. The molecule has 17 heavy (non-hydrogen) atoms. The highest BCUT2D eigenvalue weighted by Gasteiger charge is 2.21. The molecular weight excluding hydrogens is 210 g/mol. The number of nitrogens with two attached hydrogens (primary N) is 1. The van der Waals surface area contributed by atoms with E-state index in [9.17, 15) is 0 Å². The van der Waals surface area contributed by atoms with E-state index in [-0.39, 0.29) is 0 Å².